The van der Waals surface area contributed by atoms with Gasteiger partial charge in [-0.2, -0.15) is 0 Å². The van der Waals surface area contributed by atoms with Crippen LogP contribution in [0.3, 0.4) is 0 Å². The van der Waals surface area contributed by atoms with E-state index in [-0.39, 0.29) is 0 Å². The molecule has 116 valence electrons. The van der Waals surface area contributed by atoms with Crippen LogP contribution in [0.5, 0.6) is 5.75 Å². The number of imidazole rings is 1. The van der Waals surface area contributed by atoms with E-state index in [1.54, 1.807) is 18.3 Å². The van der Waals surface area contributed by atoms with Crippen LogP contribution >= 0.6 is 0 Å². The Morgan fingerprint density at radius 3 is 3.23 bits per heavy atom. The summed E-state index contributed by atoms with van der Waals surface area (Å²) in [5.74, 6) is 1.18. The van der Waals surface area contributed by atoms with Gasteiger partial charge >= 0.3 is 6.09 Å². The predicted octanol–water partition coefficient (Wildman–Crippen LogP) is 2.37. The Morgan fingerprint density at radius 1 is 1.55 bits per heavy atom. The van der Waals surface area contributed by atoms with Gasteiger partial charge in [-0.1, -0.05) is 13.3 Å². The van der Waals surface area contributed by atoms with Crippen LogP contribution < -0.4 is 15.8 Å². The summed E-state index contributed by atoms with van der Waals surface area (Å²) in [6.07, 6.45) is 4.02. The molecule has 3 rings (SSSR count). The van der Waals surface area contributed by atoms with Crippen molar-refractivity contribution in [3.8, 4) is 11.4 Å². The quantitative estimate of drug-likeness (QED) is 0.668. The molecule has 2 heterocycles. The fourth-order valence-corrected chi connectivity index (χ4v) is 2.27. The number of nitrogens with one attached hydrogen (secondary N) is 1. The zero-order valence-corrected chi connectivity index (χ0v) is 12.3. The van der Waals surface area contributed by atoms with Crippen LogP contribution in [0.4, 0.5) is 10.5 Å². The van der Waals surface area contributed by atoms with Crippen molar-refractivity contribution in [1.82, 2.24) is 14.9 Å². The average Bonchev–Trinajstić information content (AvgIpc) is 2.97. The number of fused-ring (bicyclic) bond motifs is 3. The molecule has 1 aliphatic rings. The number of amides is 1. The number of nitrogens with zero attached hydrogens (tertiary/aromatic N) is 2. The third kappa shape index (κ3) is 2.69. The van der Waals surface area contributed by atoms with Gasteiger partial charge < -0.3 is 15.2 Å². The average molecular weight is 302 g/mol. The summed E-state index contributed by atoms with van der Waals surface area (Å²) in [5, 5.41) is 2.67. The summed E-state index contributed by atoms with van der Waals surface area (Å²) < 4.78 is 12.8. The predicted molar refractivity (Wildman–Crippen MR) is 80.7 cm³/mol. The number of nitrogen functional groups attached to an aromatic ring is 1. The molecule has 1 aromatic heterocycles. The Balaban J connectivity index is 1.79. The van der Waals surface area contributed by atoms with Crippen LogP contribution in [0.15, 0.2) is 30.6 Å². The molecular formula is C15H18N4O3. The van der Waals surface area contributed by atoms with Crippen LogP contribution in [-0.4, -0.2) is 22.3 Å². The lowest BCUT2D eigenvalue weighted by Crippen LogP contribution is -2.36. The van der Waals surface area contributed by atoms with E-state index in [1.807, 2.05) is 23.8 Å². The molecule has 0 fully saturated rings. The second-order valence-electron chi connectivity index (χ2n) is 5.01. The molecule has 1 aliphatic heterocycles. The van der Waals surface area contributed by atoms with Gasteiger partial charge in [0, 0.05) is 24.1 Å². The highest BCUT2D eigenvalue weighted by Crippen LogP contribution is 2.34. The highest BCUT2D eigenvalue weighted by molar-refractivity contribution is 5.68. The summed E-state index contributed by atoms with van der Waals surface area (Å²) in [6.45, 7) is 2.41. The molecule has 0 bridgehead atoms. The second kappa shape index (κ2) is 5.97. The van der Waals surface area contributed by atoms with E-state index in [2.05, 4.69) is 10.3 Å². The number of nitrogens with two attached hydrogens (primary N) is 1. The fourth-order valence-electron chi connectivity index (χ4n) is 2.27. The molecule has 2 aromatic rings. The van der Waals surface area contributed by atoms with Gasteiger partial charge in [0.2, 0.25) is 6.23 Å². The highest BCUT2D eigenvalue weighted by atomic mass is 16.6. The minimum absolute atomic E-state index is 0.382. The molecule has 0 spiro atoms. The van der Waals surface area contributed by atoms with E-state index >= 15 is 0 Å². The van der Waals surface area contributed by atoms with Gasteiger partial charge in [0.25, 0.3) is 0 Å². The lowest BCUT2D eigenvalue weighted by atomic mass is 10.2. The largest absolute Gasteiger partial charge is 0.461 e. The Morgan fingerprint density at radius 2 is 2.41 bits per heavy atom. The lowest BCUT2D eigenvalue weighted by Gasteiger charge is -2.27. The third-order valence-corrected chi connectivity index (χ3v) is 3.37. The SMILES string of the molecule is CCCCOC(=O)NC1Oc2cc(N)ccc2-n2ccnc21. The summed E-state index contributed by atoms with van der Waals surface area (Å²) in [6, 6.07) is 5.36. The Hall–Kier alpha value is -2.70. The number of ether oxygens (including phenoxy) is 2. The van der Waals surface area contributed by atoms with Crippen molar-refractivity contribution in [2.24, 2.45) is 0 Å². The topological polar surface area (TPSA) is 91.4 Å². The molecule has 7 nitrogen and oxygen atoms in total. The minimum atomic E-state index is -0.710. The smallest absolute Gasteiger partial charge is 0.410 e. The highest BCUT2D eigenvalue weighted by Gasteiger charge is 2.29. The molecule has 0 radical (unpaired) electrons. The zero-order chi connectivity index (χ0) is 15.5. The summed E-state index contributed by atoms with van der Waals surface area (Å²) in [4.78, 5) is 16.1. The molecule has 1 unspecified atom stereocenters. The zero-order valence-electron chi connectivity index (χ0n) is 12.3. The molecule has 3 N–H and O–H groups in total. The van der Waals surface area contributed by atoms with Crippen LogP contribution in [-0.2, 0) is 4.74 Å². The second-order valence-corrected chi connectivity index (χ2v) is 5.01. The van der Waals surface area contributed by atoms with E-state index in [9.17, 15) is 4.79 Å². The molecule has 1 atom stereocenters. The third-order valence-electron chi connectivity index (χ3n) is 3.37. The molecule has 0 saturated carbocycles. The van der Waals surface area contributed by atoms with E-state index in [0.29, 0.717) is 23.9 Å². The molecule has 1 aromatic carbocycles. The van der Waals surface area contributed by atoms with E-state index in [0.717, 1.165) is 18.5 Å². The summed E-state index contributed by atoms with van der Waals surface area (Å²) in [5.41, 5.74) is 7.21. The van der Waals surface area contributed by atoms with Gasteiger partial charge in [-0.15, -0.1) is 0 Å². The van der Waals surface area contributed by atoms with E-state index < -0.39 is 12.3 Å². The first-order valence-electron chi connectivity index (χ1n) is 7.22. The van der Waals surface area contributed by atoms with Crippen molar-refractivity contribution >= 4 is 11.8 Å². The molecule has 0 saturated heterocycles. The maximum Gasteiger partial charge on any atom is 0.410 e. The Kier molecular flexibility index (Phi) is 3.86. The number of carbonyl (C=O) groups excluding carboxylic acids is 1. The Labute approximate surface area is 128 Å². The van der Waals surface area contributed by atoms with E-state index in [4.69, 9.17) is 15.2 Å². The Bertz CT molecular complexity index is 683. The number of alkyl carbamates (subject to hydrolysis) is 1. The number of anilines is 1. The van der Waals surface area contributed by atoms with E-state index in [1.165, 1.54) is 0 Å². The first kappa shape index (κ1) is 14.2. The van der Waals surface area contributed by atoms with Gasteiger partial charge in [-0.3, -0.25) is 9.88 Å². The van der Waals surface area contributed by atoms with Gasteiger partial charge in [0.05, 0.1) is 12.3 Å². The van der Waals surface area contributed by atoms with Gasteiger partial charge in [0.1, 0.15) is 5.75 Å². The first-order chi connectivity index (χ1) is 10.7. The molecule has 22 heavy (non-hydrogen) atoms. The van der Waals surface area contributed by atoms with Crippen LogP contribution in [0.2, 0.25) is 0 Å². The molecule has 7 heteroatoms. The maximum atomic E-state index is 11.8. The van der Waals surface area contributed by atoms with Crippen LogP contribution in [0, 0.1) is 0 Å². The van der Waals surface area contributed by atoms with Crippen molar-refractivity contribution in [3.05, 3.63) is 36.4 Å². The number of hydrogen-bond acceptors (Lipinski definition) is 5. The van der Waals surface area contributed by atoms with Crippen molar-refractivity contribution in [3.63, 3.8) is 0 Å². The summed E-state index contributed by atoms with van der Waals surface area (Å²) >= 11 is 0. The minimum Gasteiger partial charge on any atom is -0.461 e. The maximum absolute atomic E-state index is 11.8. The monoisotopic (exact) mass is 302 g/mol. The number of rotatable bonds is 4. The van der Waals surface area contributed by atoms with Crippen molar-refractivity contribution in [2.45, 2.75) is 26.0 Å². The molecule has 0 aliphatic carbocycles. The van der Waals surface area contributed by atoms with Crippen LogP contribution in [0.25, 0.3) is 5.69 Å². The van der Waals surface area contributed by atoms with Gasteiger partial charge in [-0.05, 0) is 18.6 Å². The molecule has 1 amide bonds. The van der Waals surface area contributed by atoms with Gasteiger partial charge in [-0.25, -0.2) is 9.78 Å². The van der Waals surface area contributed by atoms with Crippen molar-refractivity contribution in [2.75, 3.05) is 12.3 Å². The van der Waals surface area contributed by atoms with Gasteiger partial charge in [0.15, 0.2) is 5.82 Å². The normalized spacial score (nSPS) is 15.4. The molecular weight excluding hydrogens is 284 g/mol. The number of unbranched alkanes of at least 4 members (excludes halogenated alkanes) is 1. The number of aromatic nitrogens is 2. The number of benzene rings is 1. The number of carbonyl (C=O) groups is 1. The van der Waals surface area contributed by atoms with Crippen LogP contribution in [0.1, 0.15) is 31.8 Å². The van der Waals surface area contributed by atoms with Crippen molar-refractivity contribution < 1.29 is 14.3 Å². The standard InChI is InChI=1S/C15H18N4O3/c1-2-3-8-21-15(20)18-14-13-17-6-7-19(13)11-5-4-10(16)9-12(11)22-14/h4-7,9,14H,2-3,8,16H2,1H3,(H,18,20). The summed E-state index contributed by atoms with van der Waals surface area (Å²) in [7, 11) is 0. The van der Waals surface area contributed by atoms with Crippen molar-refractivity contribution in [1.29, 1.82) is 0 Å². The first-order valence-corrected chi connectivity index (χ1v) is 7.22. The lowest BCUT2D eigenvalue weighted by molar-refractivity contribution is 0.101. The fraction of sp³-hybridized carbons (Fsp3) is 0.333. The number of hydrogen-bond donors (Lipinski definition) is 2.